The standard InChI is InChI=1S/C16H11NO3S/c18-16(19)13-10-21-15(17-13)12-8-4-5-9-14(12)20-11-6-2-1-3-7-11/h1-10H,(H,18,19). The van der Waals surface area contributed by atoms with Crippen LogP contribution in [0.5, 0.6) is 11.5 Å². The molecule has 1 heterocycles. The van der Waals surface area contributed by atoms with Crippen molar-refractivity contribution in [3.63, 3.8) is 0 Å². The molecular formula is C16H11NO3S. The molecule has 0 aliphatic heterocycles. The lowest BCUT2D eigenvalue weighted by Gasteiger charge is -2.09. The molecule has 3 rings (SSSR count). The number of aromatic carboxylic acids is 1. The topological polar surface area (TPSA) is 59.4 Å². The van der Waals surface area contributed by atoms with Crippen molar-refractivity contribution in [3.05, 3.63) is 65.7 Å². The Kier molecular flexibility index (Phi) is 3.66. The molecule has 0 aliphatic carbocycles. The van der Waals surface area contributed by atoms with E-state index in [9.17, 15) is 4.79 Å². The molecule has 5 heteroatoms. The summed E-state index contributed by atoms with van der Waals surface area (Å²) in [7, 11) is 0. The fourth-order valence-electron chi connectivity index (χ4n) is 1.84. The van der Waals surface area contributed by atoms with Crippen LogP contribution in [0.3, 0.4) is 0 Å². The molecule has 104 valence electrons. The second kappa shape index (κ2) is 5.76. The van der Waals surface area contributed by atoms with E-state index in [0.717, 1.165) is 11.3 Å². The van der Waals surface area contributed by atoms with Crippen LogP contribution in [-0.4, -0.2) is 16.1 Å². The third-order valence-electron chi connectivity index (χ3n) is 2.81. The SMILES string of the molecule is O=C(O)c1csc(-c2ccccc2Oc2ccccc2)n1. The Bertz CT molecular complexity index is 768. The van der Waals surface area contributed by atoms with Crippen LogP contribution in [0.15, 0.2) is 60.0 Å². The second-order valence-electron chi connectivity index (χ2n) is 4.25. The lowest BCUT2D eigenvalue weighted by Crippen LogP contribution is -1.96. The summed E-state index contributed by atoms with van der Waals surface area (Å²) >= 11 is 1.28. The first-order valence-electron chi connectivity index (χ1n) is 6.25. The summed E-state index contributed by atoms with van der Waals surface area (Å²) in [6.45, 7) is 0. The maximum Gasteiger partial charge on any atom is 0.355 e. The Morgan fingerprint density at radius 3 is 2.48 bits per heavy atom. The summed E-state index contributed by atoms with van der Waals surface area (Å²) in [6, 6.07) is 16.9. The first kappa shape index (κ1) is 13.3. The van der Waals surface area contributed by atoms with Gasteiger partial charge in [-0.05, 0) is 24.3 Å². The van der Waals surface area contributed by atoms with Crippen molar-refractivity contribution in [2.75, 3.05) is 0 Å². The van der Waals surface area contributed by atoms with E-state index in [2.05, 4.69) is 4.98 Å². The van der Waals surface area contributed by atoms with Crippen LogP contribution in [0.2, 0.25) is 0 Å². The van der Waals surface area contributed by atoms with Gasteiger partial charge in [0, 0.05) is 5.38 Å². The number of aromatic nitrogens is 1. The number of carboxylic acids is 1. The van der Waals surface area contributed by atoms with Gasteiger partial charge in [0.05, 0.1) is 5.56 Å². The van der Waals surface area contributed by atoms with E-state index in [1.165, 1.54) is 16.7 Å². The summed E-state index contributed by atoms with van der Waals surface area (Å²) in [6.07, 6.45) is 0. The minimum absolute atomic E-state index is 0.0458. The Morgan fingerprint density at radius 2 is 1.76 bits per heavy atom. The smallest absolute Gasteiger partial charge is 0.355 e. The van der Waals surface area contributed by atoms with Crippen molar-refractivity contribution in [2.24, 2.45) is 0 Å². The van der Waals surface area contributed by atoms with E-state index < -0.39 is 5.97 Å². The molecule has 0 unspecified atom stereocenters. The minimum Gasteiger partial charge on any atom is -0.476 e. The number of ether oxygens (including phenoxy) is 1. The Balaban J connectivity index is 1.97. The van der Waals surface area contributed by atoms with Crippen molar-refractivity contribution in [2.45, 2.75) is 0 Å². The quantitative estimate of drug-likeness (QED) is 0.780. The molecule has 0 saturated carbocycles. The highest BCUT2D eigenvalue weighted by Gasteiger charge is 2.13. The highest BCUT2D eigenvalue weighted by molar-refractivity contribution is 7.13. The average molecular weight is 297 g/mol. The molecule has 1 aromatic heterocycles. The molecule has 0 amide bonds. The van der Waals surface area contributed by atoms with E-state index in [0.29, 0.717) is 10.8 Å². The summed E-state index contributed by atoms with van der Waals surface area (Å²) in [5, 5.41) is 11.1. The van der Waals surface area contributed by atoms with Gasteiger partial charge in [0.25, 0.3) is 0 Å². The molecule has 21 heavy (non-hydrogen) atoms. The lowest BCUT2D eigenvalue weighted by molar-refractivity contribution is 0.0691. The summed E-state index contributed by atoms with van der Waals surface area (Å²) < 4.78 is 5.85. The molecule has 1 N–H and O–H groups in total. The largest absolute Gasteiger partial charge is 0.476 e. The van der Waals surface area contributed by atoms with Gasteiger partial charge < -0.3 is 9.84 Å². The summed E-state index contributed by atoms with van der Waals surface area (Å²) in [5.41, 5.74) is 0.823. The number of thiazole rings is 1. The van der Waals surface area contributed by atoms with Gasteiger partial charge in [-0.25, -0.2) is 9.78 Å². The Hall–Kier alpha value is -2.66. The Morgan fingerprint density at radius 1 is 1.05 bits per heavy atom. The van der Waals surface area contributed by atoms with Crippen LogP contribution in [0.4, 0.5) is 0 Å². The van der Waals surface area contributed by atoms with Crippen LogP contribution >= 0.6 is 11.3 Å². The van der Waals surface area contributed by atoms with Crippen molar-refractivity contribution in [1.29, 1.82) is 0 Å². The van der Waals surface area contributed by atoms with Crippen molar-refractivity contribution >= 4 is 17.3 Å². The molecule has 0 saturated heterocycles. The summed E-state index contributed by atoms with van der Waals surface area (Å²) in [5.74, 6) is 0.342. The fourth-order valence-corrected chi connectivity index (χ4v) is 2.67. The zero-order chi connectivity index (χ0) is 14.7. The number of rotatable bonds is 4. The first-order valence-corrected chi connectivity index (χ1v) is 7.13. The number of hydrogen-bond acceptors (Lipinski definition) is 4. The zero-order valence-corrected chi connectivity index (χ0v) is 11.7. The third kappa shape index (κ3) is 2.93. The molecule has 0 fully saturated rings. The van der Waals surface area contributed by atoms with Gasteiger partial charge in [0.2, 0.25) is 0 Å². The van der Waals surface area contributed by atoms with Gasteiger partial charge in [0.15, 0.2) is 5.69 Å². The van der Waals surface area contributed by atoms with Crippen LogP contribution < -0.4 is 4.74 Å². The van der Waals surface area contributed by atoms with Gasteiger partial charge in [0.1, 0.15) is 16.5 Å². The normalized spacial score (nSPS) is 10.3. The van der Waals surface area contributed by atoms with E-state index in [1.54, 1.807) is 0 Å². The molecule has 0 radical (unpaired) electrons. The number of carbonyl (C=O) groups is 1. The van der Waals surface area contributed by atoms with Crippen LogP contribution in [0, 0.1) is 0 Å². The third-order valence-corrected chi connectivity index (χ3v) is 3.69. The molecule has 0 bridgehead atoms. The number of hydrogen-bond donors (Lipinski definition) is 1. The molecule has 0 atom stereocenters. The van der Waals surface area contributed by atoms with E-state index in [1.807, 2.05) is 54.6 Å². The summed E-state index contributed by atoms with van der Waals surface area (Å²) in [4.78, 5) is 15.1. The first-order chi connectivity index (χ1) is 10.2. The lowest BCUT2D eigenvalue weighted by atomic mass is 10.2. The predicted octanol–water partition coefficient (Wildman–Crippen LogP) is 4.30. The number of nitrogens with zero attached hydrogens (tertiary/aromatic N) is 1. The van der Waals surface area contributed by atoms with Gasteiger partial charge in [-0.15, -0.1) is 11.3 Å². The number of para-hydroxylation sites is 2. The molecular weight excluding hydrogens is 286 g/mol. The zero-order valence-electron chi connectivity index (χ0n) is 10.9. The number of carboxylic acid groups (broad SMARTS) is 1. The maximum atomic E-state index is 10.9. The van der Waals surface area contributed by atoms with Crippen LogP contribution in [0.25, 0.3) is 10.6 Å². The number of benzene rings is 2. The minimum atomic E-state index is -1.03. The Labute approximate surface area is 125 Å². The van der Waals surface area contributed by atoms with Crippen molar-refractivity contribution in [1.82, 2.24) is 4.98 Å². The predicted molar refractivity (Wildman–Crippen MR) is 81.0 cm³/mol. The van der Waals surface area contributed by atoms with Crippen molar-refractivity contribution in [3.8, 4) is 22.1 Å². The molecule has 0 spiro atoms. The van der Waals surface area contributed by atoms with E-state index >= 15 is 0 Å². The maximum absolute atomic E-state index is 10.9. The monoisotopic (exact) mass is 297 g/mol. The molecule has 0 aliphatic rings. The van der Waals surface area contributed by atoms with Gasteiger partial charge in [-0.3, -0.25) is 0 Å². The highest BCUT2D eigenvalue weighted by atomic mass is 32.1. The molecule has 2 aromatic carbocycles. The fraction of sp³-hybridized carbons (Fsp3) is 0. The molecule has 4 nitrogen and oxygen atoms in total. The second-order valence-corrected chi connectivity index (χ2v) is 5.11. The van der Waals surface area contributed by atoms with Crippen LogP contribution in [0.1, 0.15) is 10.5 Å². The van der Waals surface area contributed by atoms with Gasteiger partial charge in [-0.2, -0.15) is 0 Å². The van der Waals surface area contributed by atoms with Gasteiger partial charge in [-0.1, -0.05) is 30.3 Å². The van der Waals surface area contributed by atoms with E-state index in [4.69, 9.17) is 9.84 Å². The van der Waals surface area contributed by atoms with Gasteiger partial charge >= 0.3 is 5.97 Å². The average Bonchev–Trinajstić information content (AvgIpc) is 2.99. The highest BCUT2D eigenvalue weighted by Crippen LogP contribution is 2.34. The molecule has 3 aromatic rings. The van der Waals surface area contributed by atoms with Crippen LogP contribution in [-0.2, 0) is 0 Å². The van der Waals surface area contributed by atoms with Crippen molar-refractivity contribution < 1.29 is 14.6 Å². The van der Waals surface area contributed by atoms with E-state index in [-0.39, 0.29) is 5.69 Å².